The van der Waals surface area contributed by atoms with Gasteiger partial charge in [-0.2, -0.15) is 0 Å². The van der Waals surface area contributed by atoms with Crippen LogP contribution in [0.1, 0.15) is 15.9 Å². The Kier molecular flexibility index (Phi) is 4.73. The fraction of sp³-hybridized carbons (Fsp3) is 0.429. The summed E-state index contributed by atoms with van der Waals surface area (Å²) in [5.74, 6) is -0.275. The number of rotatable bonds is 4. The molecule has 97 valence electrons. The van der Waals surface area contributed by atoms with Crippen molar-refractivity contribution < 1.29 is 14.3 Å². The van der Waals surface area contributed by atoms with Gasteiger partial charge in [-0.15, -0.1) is 0 Å². The SMILES string of the molecule is [CH2]c1ccc(C(=O)OCCN2CCOCC2)cc1. The Morgan fingerprint density at radius 1 is 1.28 bits per heavy atom. The van der Waals surface area contributed by atoms with Crippen molar-refractivity contribution in [2.75, 3.05) is 39.5 Å². The highest BCUT2D eigenvalue weighted by Gasteiger charge is 2.11. The average Bonchev–Trinajstić information content (AvgIpc) is 2.40. The van der Waals surface area contributed by atoms with Crippen molar-refractivity contribution >= 4 is 5.97 Å². The second kappa shape index (κ2) is 6.52. The van der Waals surface area contributed by atoms with E-state index in [1.165, 1.54) is 0 Å². The zero-order valence-corrected chi connectivity index (χ0v) is 10.4. The Labute approximate surface area is 107 Å². The first-order chi connectivity index (χ1) is 8.75. The maximum absolute atomic E-state index is 11.7. The van der Waals surface area contributed by atoms with Gasteiger partial charge in [0, 0.05) is 19.6 Å². The van der Waals surface area contributed by atoms with Crippen molar-refractivity contribution in [1.29, 1.82) is 0 Å². The summed E-state index contributed by atoms with van der Waals surface area (Å²) in [5, 5.41) is 0. The van der Waals surface area contributed by atoms with Crippen LogP contribution in [0.15, 0.2) is 24.3 Å². The van der Waals surface area contributed by atoms with Crippen LogP contribution in [0.2, 0.25) is 0 Å². The minimum Gasteiger partial charge on any atom is -0.461 e. The number of carbonyl (C=O) groups is 1. The first-order valence-electron chi connectivity index (χ1n) is 6.15. The van der Waals surface area contributed by atoms with E-state index < -0.39 is 0 Å². The Morgan fingerprint density at radius 3 is 2.61 bits per heavy atom. The van der Waals surface area contributed by atoms with Gasteiger partial charge in [0.2, 0.25) is 0 Å². The van der Waals surface area contributed by atoms with Crippen LogP contribution in [-0.2, 0) is 9.47 Å². The predicted molar refractivity (Wildman–Crippen MR) is 68.4 cm³/mol. The van der Waals surface area contributed by atoms with Crippen molar-refractivity contribution in [1.82, 2.24) is 4.90 Å². The van der Waals surface area contributed by atoms with E-state index in [9.17, 15) is 4.79 Å². The molecule has 0 aliphatic carbocycles. The van der Waals surface area contributed by atoms with Gasteiger partial charge < -0.3 is 9.47 Å². The number of morpholine rings is 1. The molecule has 1 radical (unpaired) electrons. The van der Waals surface area contributed by atoms with Crippen LogP contribution < -0.4 is 0 Å². The minimum absolute atomic E-state index is 0.275. The van der Waals surface area contributed by atoms with E-state index >= 15 is 0 Å². The Balaban J connectivity index is 1.72. The zero-order chi connectivity index (χ0) is 12.8. The van der Waals surface area contributed by atoms with Crippen molar-refractivity contribution in [2.45, 2.75) is 0 Å². The molecule has 4 nitrogen and oxygen atoms in total. The third-order valence-corrected chi connectivity index (χ3v) is 2.93. The monoisotopic (exact) mass is 248 g/mol. The van der Waals surface area contributed by atoms with Crippen LogP contribution in [0.4, 0.5) is 0 Å². The lowest BCUT2D eigenvalue weighted by molar-refractivity contribution is 0.0195. The molecule has 1 aromatic carbocycles. The summed E-state index contributed by atoms with van der Waals surface area (Å²) < 4.78 is 10.5. The van der Waals surface area contributed by atoms with Gasteiger partial charge in [0.1, 0.15) is 6.61 Å². The maximum atomic E-state index is 11.7. The van der Waals surface area contributed by atoms with Crippen LogP contribution >= 0.6 is 0 Å². The van der Waals surface area contributed by atoms with Crippen LogP contribution in [0.25, 0.3) is 0 Å². The van der Waals surface area contributed by atoms with E-state index in [-0.39, 0.29) is 5.97 Å². The molecule has 1 aliphatic heterocycles. The van der Waals surface area contributed by atoms with Gasteiger partial charge in [-0.05, 0) is 24.6 Å². The first-order valence-corrected chi connectivity index (χ1v) is 6.15. The molecule has 0 unspecified atom stereocenters. The molecule has 1 heterocycles. The van der Waals surface area contributed by atoms with Crippen LogP contribution in [0.5, 0.6) is 0 Å². The highest BCUT2D eigenvalue weighted by Crippen LogP contribution is 2.05. The van der Waals surface area contributed by atoms with Crippen molar-refractivity contribution in [3.8, 4) is 0 Å². The summed E-state index contributed by atoms with van der Waals surface area (Å²) in [5.41, 5.74) is 1.46. The van der Waals surface area contributed by atoms with Gasteiger partial charge in [0.15, 0.2) is 0 Å². The summed E-state index contributed by atoms with van der Waals surface area (Å²) in [4.78, 5) is 13.9. The van der Waals surface area contributed by atoms with Crippen molar-refractivity contribution in [2.24, 2.45) is 0 Å². The lowest BCUT2D eigenvalue weighted by Gasteiger charge is -2.26. The van der Waals surface area contributed by atoms with E-state index in [0.717, 1.165) is 38.4 Å². The van der Waals surface area contributed by atoms with Crippen LogP contribution in [0.3, 0.4) is 0 Å². The number of hydrogen-bond acceptors (Lipinski definition) is 4. The molecule has 0 spiro atoms. The highest BCUT2D eigenvalue weighted by molar-refractivity contribution is 5.89. The Hall–Kier alpha value is -1.39. The Morgan fingerprint density at radius 2 is 1.94 bits per heavy atom. The number of hydrogen-bond donors (Lipinski definition) is 0. The molecule has 1 saturated heterocycles. The third kappa shape index (κ3) is 3.82. The quantitative estimate of drug-likeness (QED) is 0.754. The molecule has 0 saturated carbocycles. The molecule has 0 N–H and O–H groups in total. The number of benzene rings is 1. The summed E-state index contributed by atoms with van der Waals surface area (Å²) in [6.45, 7) is 8.31. The number of nitrogens with zero attached hydrogens (tertiary/aromatic N) is 1. The fourth-order valence-electron chi connectivity index (χ4n) is 1.82. The summed E-state index contributed by atoms with van der Waals surface area (Å²) >= 11 is 0. The molecule has 2 rings (SSSR count). The number of esters is 1. The lowest BCUT2D eigenvalue weighted by atomic mass is 10.1. The van der Waals surface area contributed by atoms with Gasteiger partial charge in [-0.25, -0.2) is 4.79 Å². The average molecular weight is 248 g/mol. The minimum atomic E-state index is -0.275. The fourth-order valence-corrected chi connectivity index (χ4v) is 1.82. The van der Waals surface area contributed by atoms with Gasteiger partial charge in [0.05, 0.1) is 18.8 Å². The van der Waals surface area contributed by atoms with Crippen LogP contribution in [-0.4, -0.2) is 50.3 Å². The molecular weight excluding hydrogens is 230 g/mol. The predicted octanol–water partition coefficient (Wildman–Crippen LogP) is 1.36. The number of ether oxygens (including phenoxy) is 2. The molecule has 0 bridgehead atoms. The molecule has 0 aromatic heterocycles. The third-order valence-electron chi connectivity index (χ3n) is 2.93. The first kappa shape index (κ1) is 13.1. The molecule has 0 atom stereocenters. The van der Waals surface area contributed by atoms with Gasteiger partial charge in [-0.3, -0.25) is 4.90 Å². The van der Waals surface area contributed by atoms with Gasteiger partial charge >= 0.3 is 5.97 Å². The van der Waals surface area contributed by atoms with Gasteiger partial charge in [0.25, 0.3) is 0 Å². The van der Waals surface area contributed by atoms with E-state index in [1.54, 1.807) is 24.3 Å². The van der Waals surface area contributed by atoms with E-state index in [0.29, 0.717) is 12.2 Å². The van der Waals surface area contributed by atoms with Crippen molar-refractivity contribution in [3.63, 3.8) is 0 Å². The molecule has 0 amide bonds. The second-order valence-electron chi connectivity index (χ2n) is 4.29. The molecule has 4 heteroatoms. The van der Waals surface area contributed by atoms with E-state index in [2.05, 4.69) is 11.8 Å². The second-order valence-corrected chi connectivity index (χ2v) is 4.29. The number of carbonyl (C=O) groups excluding carboxylic acids is 1. The maximum Gasteiger partial charge on any atom is 0.338 e. The highest BCUT2D eigenvalue weighted by atomic mass is 16.5. The van der Waals surface area contributed by atoms with Gasteiger partial charge in [-0.1, -0.05) is 12.1 Å². The zero-order valence-electron chi connectivity index (χ0n) is 10.4. The topological polar surface area (TPSA) is 38.8 Å². The lowest BCUT2D eigenvalue weighted by Crippen LogP contribution is -2.38. The summed E-state index contributed by atoms with van der Waals surface area (Å²) in [6.07, 6.45) is 0. The largest absolute Gasteiger partial charge is 0.461 e. The standard InChI is InChI=1S/C14H18NO3/c1-12-2-4-13(5-3-12)14(16)18-11-8-15-6-9-17-10-7-15/h2-5H,1,6-11H2. The van der Waals surface area contributed by atoms with E-state index in [1.807, 2.05) is 0 Å². The molecule has 1 aliphatic rings. The van der Waals surface area contributed by atoms with E-state index in [4.69, 9.17) is 9.47 Å². The summed E-state index contributed by atoms with van der Waals surface area (Å²) in [7, 11) is 0. The normalized spacial score (nSPS) is 16.5. The molecule has 18 heavy (non-hydrogen) atoms. The molecular formula is C14H18NO3. The molecule has 1 fully saturated rings. The Bertz CT molecular complexity index is 383. The van der Waals surface area contributed by atoms with Crippen molar-refractivity contribution in [3.05, 3.63) is 42.3 Å². The summed E-state index contributed by atoms with van der Waals surface area (Å²) in [6, 6.07) is 7.08. The smallest absolute Gasteiger partial charge is 0.338 e. The van der Waals surface area contributed by atoms with Crippen LogP contribution in [0, 0.1) is 6.92 Å². The molecule has 1 aromatic rings.